The second-order valence-corrected chi connectivity index (χ2v) is 6.42. The van der Waals surface area contributed by atoms with Gasteiger partial charge in [0.2, 0.25) is 0 Å². The van der Waals surface area contributed by atoms with Gasteiger partial charge in [-0.3, -0.25) is 9.69 Å². The fraction of sp³-hybridized carbons (Fsp3) is 0.692. The number of aryl methyl sites for hydroxylation is 1. The van der Waals surface area contributed by atoms with Gasteiger partial charge in [0.1, 0.15) is 0 Å². The van der Waals surface area contributed by atoms with Crippen LogP contribution < -0.4 is 0 Å². The number of rotatable bonds is 4. The molecule has 2 rings (SSSR count). The fourth-order valence-corrected chi connectivity index (χ4v) is 3.51. The first-order chi connectivity index (χ1) is 8.55. The maximum absolute atomic E-state index is 11.5. The van der Waals surface area contributed by atoms with Crippen LogP contribution in [0.2, 0.25) is 0 Å². The molecule has 0 spiro atoms. The SMILES string of the molecule is CCC1(C(=O)O)CCCN(Cc2cnc(C)s2)C1. The Morgan fingerprint density at radius 2 is 2.44 bits per heavy atom. The molecule has 0 aliphatic carbocycles. The molecule has 1 aliphatic rings. The van der Waals surface area contributed by atoms with Crippen molar-refractivity contribution >= 4 is 17.3 Å². The normalized spacial score (nSPS) is 25.2. The number of nitrogens with zero attached hydrogens (tertiary/aromatic N) is 2. The number of carboxylic acids is 1. The largest absolute Gasteiger partial charge is 0.481 e. The van der Waals surface area contributed by atoms with Gasteiger partial charge in [-0.25, -0.2) is 4.98 Å². The molecule has 1 saturated heterocycles. The third kappa shape index (κ3) is 2.72. The number of likely N-dealkylation sites (tertiary alicyclic amines) is 1. The van der Waals surface area contributed by atoms with Gasteiger partial charge < -0.3 is 5.11 Å². The van der Waals surface area contributed by atoms with E-state index in [0.29, 0.717) is 13.0 Å². The van der Waals surface area contributed by atoms with Crippen LogP contribution in [-0.4, -0.2) is 34.0 Å². The molecule has 1 aromatic rings. The van der Waals surface area contributed by atoms with E-state index in [1.807, 2.05) is 20.0 Å². The number of carbonyl (C=O) groups is 1. The van der Waals surface area contributed by atoms with Crippen LogP contribution in [0.3, 0.4) is 0 Å². The minimum atomic E-state index is -0.643. The lowest BCUT2D eigenvalue weighted by Crippen LogP contribution is -2.47. The Morgan fingerprint density at radius 3 is 3.00 bits per heavy atom. The lowest BCUT2D eigenvalue weighted by atomic mass is 9.77. The summed E-state index contributed by atoms with van der Waals surface area (Å²) in [5, 5.41) is 10.5. The van der Waals surface area contributed by atoms with Crippen LogP contribution in [0.25, 0.3) is 0 Å². The minimum absolute atomic E-state index is 0.544. The molecule has 1 N–H and O–H groups in total. The van der Waals surface area contributed by atoms with Crippen LogP contribution in [0.5, 0.6) is 0 Å². The van der Waals surface area contributed by atoms with E-state index in [0.717, 1.165) is 30.9 Å². The van der Waals surface area contributed by atoms with Crippen molar-refractivity contribution in [1.29, 1.82) is 0 Å². The Hall–Kier alpha value is -0.940. The van der Waals surface area contributed by atoms with E-state index in [1.165, 1.54) is 4.88 Å². The van der Waals surface area contributed by atoms with E-state index < -0.39 is 11.4 Å². The van der Waals surface area contributed by atoms with Gasteiger partial charge in [-0.15, -0.1) is 11.3 Å². The van der Waals surface area contributed by atoms with Gasteiger partial charge in [0.15, 0.2) is 0 Å². The topological polar surface area (TPSA) is 53.4 Å². The lowest BCUT2D eigenvalue weighted by molar-refractivity contribution is -0.153. The molecular formula is C13H20N2O2S. The maximum atomic E-state index is 11.5. The fourth-order valence-electron chi connectivity index (χ4n) is 2.68. The van der Waals surface area contributed by atoms with Crippen molar-refractivity contribution in [3.63, 3.8) is 0 Å². The van der Waals surface area contributed by atoms with Gasteiger partial charge in [-0.1, -0.05) is 6.92 Å². The second-order valence-electron chi connectivity index (χ2n) is 5.10. The predicted octanol–water partition coefficient (Wildman–Crippen LogP) is 2.53. The first kappa shape index (κ1) is 13.5. The minimum Gasteiger partial charge on any atom is -0.481 e. The maximum Gasteiger partial charge on any atom is 0.310 e. The Bertz CT molecular complexity index is 432. The van der Waals surface area contributed by atoms with Crippen molar-refractivity contribution in [1.82, 2.24) is 9.88 Å². The first-order valence-corrected chi connectivity index (χ1v) is 7.24. The summed E-state index contributed by atoms with van der Waals surface area (Å²) in [6.07, 6.45) is 4.39. The summed E-state index contributed by atoms with van der Waals surface area (Å²) >= 11 is 1.70. The van der Waals surface area contributed by atoms with Crippen molar-refractivity contribution in [2.24, 2.45) is 5.41 Å². The summed E-state index contributed by atoms with van der Waals surface area (Å²) < 4.78 is 0. The molecule has 100 valence electrons. The summed E-state index contributed by atoms with van der Waals surface area (Å²) in [6.45, 7) is 6.47. The highest BCUT2D eigenvalue weighted by Gasteiger charge is 2.40. The van der Waals surface area contributed by atoms with Crippen molar-refractivity contribution in [3.8, 4) is 0 Å². The van der Waals surface area contributed by atoms with E-state index in [9.17, 15) is 9.90 Å². The highest BCUT2D eigenvalue weighted by atomic mass is 32.1. The monoisotopic (exact) mass is 268 g/mol. The average molecular weight is 268 g/mol. The smallest absolute Gasteiger partial charge is 0.310 e. The van der Waals surface area contributed by atoms with Gasteiger partial charge in [0.05, 0.1) is 10.4 Å². The van der Waals surface area contributed by atoms with Gasteiger partial charge in [0, 0.05) is 24.2 Å². The summed E-state index contributed by atoms with van der Waals surface area (Å²) in [5.41, 5.74) is -0.544. The number of aliphatic carboxylic acids is 1. The standard InChI is InChI=1S/C13H20N2O2S/c1-3-13(12(16)17)5-4-6-15(9-13)8-11-7-14-10(2)18-11/h7H,3-6,8-9H2,1-2H3,(H,16,17). The van der Waals surface area contributed by atoms with Crippen LogP contribution in [0.1, 0.15) is 36.1 Å². The molecule has 5 heteroatoms. The zero-order valence-electron chi connectivity index (χ0n) is 11.0. The van der Waals surface area contributed by atoms with E-state index in [2.05, 4.69) is 9.88 Å². The molecule has 1 atom stereocenters. The molecule has 0 saturated carbocycles. The summed E-state index contributed by atoms with van der Waals surface area (Å²) in [5.74, 6) is -0.643. The van der Waals surface area contributed by atoms with Gasteiger partial charge >= 0.3 is 5.97 Å². The van der Waals surface area contributed by atoms with Crippen molar-refractivity contribution in [3.05, 3.63) is 16.1 Å². The molecule has 4 nitrogen and oxygen atoms in total. The molecule has 0 amide bonds. The van der Waals surface area contributed by atoms with Crippen molar-refractivity contribution < 1.29 is 9.90 Å². The first-order valence-electron chi connectivity index (χ1n) is 6.43. The van der Waals surface area contributed by atoms with Crippen LogP contribution in [0.15, 0.2) is 6.20 Å². The molecular weight excluding hydrogens is 248 g/mol. The number of thiazole rings is 1. The third-order valence-electron chi connectivity index (χ3n) is 3.83. The molecule has 1 fully saturated rings. The van der Waals surface area contributed by atoms with Crippen LogP contribution >= 0.6 is 11.3 Å². The zero-order chi connectivity index (χ0) is 13.2. The Labute approximate surface area is 112 Å². The summed E-state index contributed by atoms with van der Waals surface area (Å²) in [7, 11) is 0. The average Bonchev–Trinajstić information content (AvgIpc) is 2.74. The van der Waals surface area contributed by atoms with E-state index in [1.54, 1.807) is 11.3 Å². The van der Waals surface area contributed by atoms with Gasteiger partial charge in [-0.2, -0.15) is 0 Å². The molecule has 0 aromatic carbocycles. The molecule has 0 radical (unpaired) electrons. The van der Waals surface area contributed by atoms with Crippen molar-refractivity contribution in [2.75, 3.05) is 13.1 Å². The molecule has 1 aliphatic heterocycles. The summed E-state index contributed by atoms with van der Waals surface area (Å²) in [4.78, 5) is 19.2. The molecule has 0 bridgehead atoms. The highest BCUT2D eigenvalue weighted by Crippen LogP contribution is 2.34. The van der Waals surface area contributed by atoms with Crippen molar-refractivity contribution in [2.45, 2.75) is 39.7 Å². The van der Waals surface area contributed by atoms with Gasteiger partial charge in [-0.05, 0) is 32.7 Å². The predicted molar refractivity (Wildman–Crippen MR) is 71.7 cm³/mol. The number of aromatic nitrogens is 1. The molecule has 18 heavy (non-hydrogen) atoms. The van der Waals surface area contributed by atoms with Crippen LogP contribution in [0.4, 0.5) is 0 Å². The lowest BCUT2D eigenvalue weighted by Gasteiger charge is -2.39. The van der Waals surface area contributed by atoms with E-state index >= 15 is 0 Å². The second kappa shape index (κ2) is 5.36. The Balaban J connectivity index is 2.04. The van der Waals surface area contributed by atoms with Gasteiger partial charge in [0.25, 0.3) is 0 Å². The molecule has 2 heterocycles. The number of hydrogen-bond acceptors (Lipinski definition) is 4. The Morgan fingerprint density at radius 1 is 1.67 bits per heavy atom. The number of carboxylic acid groups (broad SMARTS) is 1. The Kier molecular flexibility index (Phi) is 4.02. The van der Waals surface area contributed by atoms with E-state index in [-0.39, 0.29) is 0 Å². The number of hydrogen-bond donors (Lipinski definition) is 1. The number of piperidine rings is 1. The third-order valence-corrected chi connectivity index (χ3v) is 4.73. The molecule has 1 unspecified atom stereocenters. The van der Waals surface area contributed by atoms with E-state index in [4.69, 9.17) is 0 Å². The van der Waals surface area contributed by atoms with Crippen LogP contribution in [0, 0.1) is 12.3 Å². The quantitative estimate of drug-likeness (QED) is 0.911. The highest BCUT2D eigenvalue weighted by molar-refractivity contribution is 7.11. The molecule has 1 aromatic heterocycles. The van der Waals surface area contributed by atoms with Crippen LogP contribution in [-0.2, 0) is 11.3 Å². The zero-order valence-corrected chi connectivity index (χ0v) is 11.8. The summed E-state index contributed by atoms with van der Waals surface area (Å²) in [6, 6.07) is 0.